The summed E-state index contributed by atoms with van der Waals surface area (Å²) in [5.41, 5.74) is 0.858. The fraction of sp³-hybridized carbons (Fsp3) is 0.389. The summed E-state index contributed by atoms with van der Waals surface area (Å²) in [6, 6.07) is 10.8. The lowest BCUT2D eigenvalue weighted by Gasteiger charge is -2.22. The molecule has 1 atom stereocenters. The van der Waals surface area contributed by atoms with Gasteiger partial charge in [0.05, 0.1) is 11.5 Å². The summed E-state index contributed by atoms with van der Waals surface area (Å²) < 4.78 is 0. The van der Waals surface area contributed by atoms with Crippen LogP contribution in [0.25, 0.3) is 0 Å². The number of benzene rings is 1. The Morgan fingerprint density at radius 3 is 2.77 bits per heavy atom. The Balaban J connectivity index is 1.38. The SMILES string of the molecule is O=C(CN1CCC[C@H]1c1cccs1)NCCNc1ccc([N+](=O)[O-])cc1. The molecule has 1 aliphatic heterocycles. The molecule has 26 heavy (non-hydrogen) atoms. The third-order valence-corrected chi connectivity index (χ3v) is 5.41. The van der Waals surface area contributed by atoms with E-state index in [1.165, 1.54) is 17.0 Å². The quantitative estimate of drug-likeness (QED) is 0.421. The summed E-state index contributed by atoms with van der Waals surface area (Å²) >= 11 is 1.75. The second-order valence-corrected chi connectivity index (χ2v) is 7.20. The van der Waals surface area contributed by atoms with E-state index in [2.05, 4.69) is 33.0 Å². The second kappa shape index (κ2) is 8.77. The van der Waals surface area contributed by atoms with Gasteiger partial charge in [-0.05, 0) is 43.0 Å². The standard InChI is InChI=1S/C18H22N4O3S/c23-18(13-21-11-1-3-16(21)17-4-2-12-26-17)20-10-9-19-14-5-7-15(8-6-14)22(24)25/h2,4-8,12,16,19H,1,3,9-11,13H2,(H,20,23)/t16-/m0/s1. The molecule has 0 aliphatic carbocycles. The number of nitro benzene ring substituents is 1. The number of carbonyl (C=O) groups excluding carboxylic acids is 1. The third-order valence-electron chi connectivity index (χ3n) is 4.44. The van der Waals surface area contributed by atoms with E-state index in [4.69, 9.17) is 0 Å². The molecule has 1 saturated heterocycles. The zero-order valence-electron chi connectivity index (χ0n) is 14.4. The van der Waals surface area contributed by atoms with E-state index >= 15 is 0 Å². The van der Waals surface area contributed by atoms with Gasteiger partial charge in [-0.1, -0.05) is 6.07 Å². The largest absolute Gasteiger partial charge is 0.383 e. The summed E-state index contributed by atoms with van der Waals surface area (Å²) in [4.78, 5) is 26.0. The highest BCUT2D eigenvalue weighted by molar-refractivity contribution is 7.10. The van der Waals surface area contributed by atoms with Gasteiger partial charge in [0.25, 0.3) is 5.69 Å². The van der Waals surface area contributed by atoms with E-state index in [-0.39, 0.29) is 11.6 Å². The number of amides is 1. The molecule has 7 nitrogen and oxygen atoms in total. The molecule has 2 aromatic rings. The van der Waals surface area contributed by atoms with Crippen LogP contribution in [-0.2, 0) is 4.79 Å². The van der Waals surface area contributed by atoms with Gasteiger partial charge >= 0.3 is 0 Å². The van der Waals surface area contributed by atoms with E-state index in [0.717, 1.165) is 25.1 Å². The number of nitrogens with one attached hydrogen (secondary N) is 2. The van der Waals surface area contributed by atoms with Gasteiger partial charge in [-0.3, -0.25) is 19.8 Å². The van der Waals surface area contributed by atoms with Crippen molar-refractivity contribution >= 4 is 28.6 Å². The molecular weight excluding hydrogens is 352 g/mol. The molecular formula is C18H22N4O3S. The summed E-state index contributed by atoms with van der Waals surface area (Å²) in [5.74, 6) is 0.0268. The average Bonchev–Trinajstić information content (AvgIpc) is 3.30. The van der Waals surface area contributed by atoms with Crippen molar-refractivity contribution in [2.24, 2.45) is 0 Å². The zero-order valence-corrected chi connectivity index (χ0v) is 15.2. The number of nitro groups is 1. The lowest BCUT2D eigenvalue weighted by Crippen LogP contribution is -2.38. The molecule has 0 bridgehead atoms. The smallest absolute Gasteiger partial charge is 0.269 e. The fourth-order valence-electron chi connectivity index (χ4n) is 3.17. The highest BCUT2D eigenvalue weighted by Gasteiger charge is 2.27. The second-order valence-electron chi connectivity index (χ2n) is 6.22. The number of anilines is 1. The first-order valence-electron chi connectivity index (χ1n) is 8.66. The maximum atomic E-state index is 12.2. The predicted octanol–water partition coefficient (Wildman–Crippen LogP) is 3.02. The molecule has 1 aromatic carbocycles. The number of hydrogen-bond acceptors (Lipinski definition) is 6. The van der Waals surface area contributed by atoms with Crippen molar-refractivity contribution < 1.29 is 9.72 Å². The first kappa shape index (κ1) is 18.3. The number of likely N-dealkylation sites (tertiary alicyclic amines) is 1. The van der Waals surface area contributed by atoms with Gasteiger partial charge < -0.3 is 10.6 Å². The Morgan fingerprint density at radius 1 is 1.27 bits per heavy atom. The first-order chi connectivity index (χ1) is 12.6. The van der Waals surface area contributed by atoms with Gasteiger partial charge in [-0.2, -0.15) is 0 Å². The van der Waals surface area contributed by atoms with Crippen LogP contribution in [0.1, 0.15) is 23.8 Å². The molecule has 1 amide bonds. The van der Waals surface area contributed by atoms with E-state index in [0.29, 0.717) is 25.7 Å². The molecule has 0 unspecified atom stereocenters. The number of non-ortho nitro benzene ring substituents is 1. The van der Waals surface area contributed by atoms with Gasteiger partial charge in [0, 0.05) is 41.8 Å². The zero-order chi connectivity index (χ0) is 18.4. The monoisotopic (exact) mass is 374 g/mol. The Labute approximate surface area is 156 Å². The normalized spacial score (nSPS) is 17.2. The van der Waals surface area contributed by atoms with Crippen LogP contribution in [-0.4, -0.2) is 41.9 Å². The summed E-state index contributed by atoms with van der Waals surface area (Å²) in [6.45, 7) is 2.45. The fourth-order valence-corrected chi connectivity index (χ4v) is 4.06. The van der Waals surface area contributed by atoms with Crippen molar-refractivity contribution in [3.8, 4) is 0 Å². The molecule has 3 rings (SSSR count). The van der Waals surface area contributed by atoms with Crippen LogP contribution >= 0.6 is 11.3 Å². The summed E-state index contributed by atoms with van der Waals surface area (Å²) in [6.07, 6.45) is 2.23. The van der Waals surface area contributed by atoms with Gasteiger partial charge in [-0.25, -0.2) is 0 Å². The van der Waals surface area contributed by atoms with E-state index in [1.807, 2.05) is 0 Å². The van der Waals surface area contributed by atoms with Crippen LogP contribution in [0.5, 0.6) is 0 Å². The Morgan fingerprint density at radius 2 is 2.08 bits per heavy atom. The summed E-state index contributed by atoms with van der Waals surface area (Å²) in [7, 11) is 0. The molecule has 2 heterocycles. The maximum absolute atomic E-state index is 12.2. The minimum atomic E-state index is -0.425. The topological polar surface area (TPSA) is 87.5 Å². The molecule has 0 radical (unpaired) electrons. The predicted molar refractivity (Wildman–Crippen MR) is 102 cm³/mol. The number of hydrogen-bond donors (Lipinski definition) is 2. The van der Waals surface area contributed by atoms with Crippen molar-refractivity contribution in [2.45, 2.75) is 18.9 Å². The van der Waals surface area contributed by atoms with Crippen LogP contribution in [0.4, 0.5) is 11.4 Å². The molecule has 8 heteroatoms. The van der Waals surface area contributed by atoms with Gasteiger partial charge in [0.1, 0.15) is 0 Å². The van der Waals surface area contributed by atoms with Crippen LogP contribution in [0.15, 0.2) is 41.8 Å². The molecule has 1 fully saturated rings. The van der Waals surface area contributed by atoms with Crippen molar-refractivity contribution in [3.63, 3.8) is 0 Å². The maximum Gasteiger partial charge on any atom is 0.269 e. The Kier molecular flexibility index (Phi) is 6.19. The molecule has 2 N–H and O–H groups in total. The molecule has 1 aliphatic rings. The molecule has 0 saturated carbocycles. The average molecular weight is 374 g/mol. The molecule has 1 aromatic heterocycles. The molecule has 138 valence electrons. The lowest BCUT2D eigenvalue weighted by molar-refractivity contribution is -0.384. The van der Waals surface area contributed by atoms with E-state index < -0.39 is 4.92 Å². The first-order valence-corrected chi connectivity index (χ1v) is 9.54. The van der Waals surface area contributed by atoms with Crippen LogP contribution in [0.2, 0.25) is 0 Å². The number of nitrogens with zero attached hydrogens (tertiary/aromatic N) is 2. The highest BCUT2D eigenvalue weighted by atomic mass is 32.1. The van der Waals surface area contributed by atoms with Gasteiger partial charge in [0.2, 0.25) is 5.91 Å². The van der Waals surface area contributed by atoms with E-state index in [1.54, 1.807) is 23.5 Å². The Bertz CT molecular complexity index is 733. The lowest BCUT2D eigenvalue weighted by atomic mass is 10.2. The summed E-state index contributed by atoms with van der Waals surface area (Å²) in [5, 5.41) is 18.8. The highest BCUT2D eigenvalue weighted by Crippen LogP contribution is 2.33. The van der Waals surface area contributed by atoms with Crippen molar-refractivity contribution in [2.75, 3.05) is 31.5 Å². The van der Waals surface area contributed by atoms with Crippen LogP contribution in [0.3, 0.4) is 0 Å². The van der Waals surface area contributed by atoms with Crippen LogP contribution < -0.4 is 10.6 Å². The number of rotatable bonds is 8. The minimum absolute atomic E-state index is 0.0268. The molecule has 0 spiro atoms. The van der Waals surface area contributed by atoms with Crippen molar-refractivity contribution in [3.05, 3.63) is 56.8 Å². The van der Waals surface area contributed by atoms with Gasteiger partial charge in [-0.15, -0.1) is 11.3 Å². The van der Waals surface area contributed by atoms with Gasteiger partial charge in [0.15, 0.2) is 0 Å². The van der Waals surface area contributed by atoms with Crippen molar-refractivity contribution in [1.82, 2.24) is 10.2 Å². The minimum Gasteiger partial charge on any atom is -0.383 e. The third kappa shape index (κ3) is 4.80. The van der Waals surface area contributed by atoms with Crippen LogP contribution in [0, 0.1) is 10.1 Å². The number of thiophene rings is 1. The number of carbonyl (C=O) groups is 1. The Hall–Kier alpha value is -2.45. The van der Waals surface area contributed by atoms with Crippen molar-refractivity contribution in [1.29, 1.82) is 0 Å². The van der Waals surface area contributed by atoms with E-state index in [9.17, 15) is 14.9 Å².